The predicted molar refractivity (Wildman–Crippen MR) is 88.3 cm³/mol. The molecule has 0 radical (unpaired) electrons. The van der Waals surface area contributed by atoms with Gasteiger partial charge in [0.25, 0.3) is 5.91 Å². The van der Waals surface area contributed by atoms with Crippen molar-refractivity contribution >= 4 is 21.8 Å². The van der Waals surface area contributed by atoms with E-state index in [1.165, 1.54) is 0 Å². The molecule has 2 aromatic rings. The zero-order valence-electron chi connectivity index (χ0n) is 12.0. The zero-order chi connectivity index (χ0) is 15.6. The third-order valence-corrected chi connectivity index (χ3v) is 4.76. The summed E-state index contributed by atoms with van der Waals surface area (Å²) in [6, 6.07) is 16.9. The molecule has 3 rings (SSSR count). The van der Waals surface area contributed by atoms with Crippen molar-refractivity contribution in [2.45, 2.75) is 24.8 Å². The maximum Gasteiger partial charge on any atom is 0.251 e. The Morgan fingerprint density at radius 2 is 1.73 bits per heavy atom. The van der Waals surface area contributed by atoms with Gasteiger partial charge in [-0.2, -0.15) is 5.26 Å². The molecular weight excluding hydrogens is 340 g/mol. The Hall–Kier alpha value is -2.12. The van der Waals surface area contributed by atoms with E-state index < -0.39 is 0 Å². The second-order valence-electron chi connectivity index (χ2n) is 5.59. The maximum atomic E-state index is 12.5. The van der Waals surface area contributed by atoms with Crippen LogP contribution in [0.15, 0.2) is 53.0 Å². The SMILES string of the molecule is N#Cc1ccc(C(=O)NC2(c3ccc(Br)cc3)CCC2)cc1. The molecule has 1 aliphatic carbocycles. The molecule has 0 aliphatic heterocycles. The van der Waals surface area contributed by atoms with Gasteiger partial charge in [0, 0.05) is 10.0 Å². The number of rotatable bonds is 3. The summed E-state index contributed by atoms with van der Waals surface area (Å²) in [5, 5.41) is 12.0. The first-order valence-electron chi connectivity index (χ1n) is 7.22. The number of hydrogen-bond acceptors (Lipinski definition) is 2. The third kappa shape index (κ3) is 2.77. The Balaban J connectivity index is 1.81. The Morgan fingerprint density at radius 3 is 2.23 bits per heavy atom. The Bertz CT molecular complexity index is 725. The van der Waals surface area contributed by atoms with Crippen LogP contribution in [0, 0.1) is 11.3 Å². The van der Waals surface area contributed by atoms with Crippen LogP contribution in [0.2, 0.25) is 0 Å². The fraction of sp³-hybridized carbons (Fsp3) is 0.222. The molecule has 0 unspecified atom stereocenters. The number of carbonyl (C=O) groups is 1. The van der Waals surface area contributed by atoms with Crippen molar-refractivity contribution in [1.82, 2.24) is 5.32 Å². The number of hydrogen-bond donors (Lipinski definition) is 1. The van der Waals surface area contributed by atoms with Crippen LogP contribution in [-0.2, 0) is 5.54 Å². The summed E-state index contributed by atoms with van der Waals surface area (Å²) in [5.74, 6) is -0.0906. The van der Waals surface area contributed by atoms with E-state index in [1.807, 2.05) is 12.1 Å². The lowest BCUT2D eigenvalue weighted by molar-refractivity contribution is 0.0823. The molecule has 2 aromatic carbocycles. The second kappa shape index (κ2) is 5.94. The van der Waals surface area contributed by atoms with E-state index in [0.29, 0.717) is 11.1 Å². The van der Waals surface area contributed by atoms with E-state index in [0.717, 1.165) is 29.3 Å². The molecule has 4 heteroatoms. The van der Waals surface area contributed by atoms with Crippen molar-refractivity contribution in [1.29, 1.82) is 5.26 Å². The number of nitriles is 1. The van der Waals surface area contributed by atoms with Crippen molar-refractivity contribution < 1.29 is 4.79 Å². The van der Waals surface area contributed by atoms with E-state index in [9.17, 15) is 4.79 Å². The van der Waals surface area contributed by atoms with Gasteiger partial charge in [-0.25, -0.2) is 0 Å². The summed E-state index contributed by atoms with van der Waals surface area (Å²) in [6.45, 7) is 0. The average Bonchev–Trinajstić information content (AvgIpc) is 2.52. The van der Waals surface area contributed by atoms with Crippen LogP contribution >= 0.6 is 15.9 Å². The van der Waals surface area contributed by atoms with Gasteiger partial charge in [-0.05, 0) is 61.2 Å². The fourth-order valence-corrected chi connectivity index (χ4v) is 3.04. The van der Waals surface area contributed by atoms with Crippen LogP contribution in [0.3, 0.4) is 0 Å². The monoisotopic (exact) mass is 354 g/mol. The van der Waals surface area contributed by atoms with Crippen molar-refractivity contribution in [2.75, 3.05) is 0 Å². The first-order valence-corrected chi connectivity index (χ1v) is 8.01. The average molecular weight is 355 g/mol. The molecule has 3 nitrogen and oxygen atoms in total. The Kier molecular flexibility index (Phi) is 4.00. The molecule has 0 saturated heterocycles. The molecule has 0 aromatic heterocycles. The van der Waals surface area contributed by atoms with Crippen LogP contribution in [0.1, 0.15) is 40.7 Å². The number of carbonyl (C=O) groups excluding carboxylic acids is 1. The van der Waals surface area contributed by atoms with Gasteiger partial charge in [-0.3, -0.25) is 4.79 Å². The summed E-state index contributed by atoms with van der Waals surface area (Å²) >= 11 is 3.44. The molecule has 1 saturated carbocycles. The van der Waals surface area contributed by atoms with Gasteiger partial charge < -0.3 is 5.32 Å². The molecule has 0 heterocycles. The van der Waals surface area contributed by atoms with Gasteiger partial charge in [0.1, 0.15) is 0 Å². The summed E-state index contributed by atoms with van der Waals surface area (Å²) in [4.78, 5) is 12.5. The summed E-state index contributed by atoms with van der Waals surface area (Å²) in [7, 11) is 0. The van der Waals surface area contributed by atoms with Crippen LogP contribution < -0.4 is 5.32 Å². The van der Waals surface area contributed by atoms with Gasteiger partial charge in [0.05, 0.1) is 17.2 Å². The molecule has 0 bridgehead atoms. The minimum absolute atomic E-state index is 0.0906. The first kappa shape index (κ1) is 14.8. The Labute approximate surface area is 138 Å². The van der Waals surface area contributed by atoms with Crippen molar-refractivity contribution in [3.63, 3.8) is 0 Å². The minimum atomic E-state index is -0.258. The van der Waals surface area contributed by atoms with E-state index in [4.69, 9.17) is 5.26 Å². The lowest BCUT2D eigenvalue weighted by atomic mass is 9.71. The fourth-order valence-electron chi connectivity index (χ4n) is 2.77. The smallest absolute Gasteiger partial charge is 0.251 e. The number of amides is 1. The maximum absolute atomic E-state index is 12.5. The van der Waals surface area contributed by atoms with E-state index in [1.54, 1.807) is 24.3 Å². The van der Waals surface area contributed by atoms with Crippen LogP contribution in [0.25, 0.3) is 0 Å². The molecule has 1 fully saturated rings. The zero-order valence-corrected chi connectivity index (χ0v) is 13.6. The summed E-state index contributed by atoms with van der Waals surface area (Å²) in [5.41, 5.74) is 2.03. The van der Waals surface area contributed by atoms with Gasteiger partial charge in [-0.15, -0.1) is 0 Å². The Morgan fingerprint density at radius 1 is 1.09 bits per heavy atom. The van der Waals surface area contributed by atoms with Gasteiger partial charge in [0.2, 0.25) is 0 Å². The minimum Gasteiger partial charge on any atom is -0.343 e. The standard InChI is InChI=1S/C18H15BrN2O/c19-16-8-6-15(7-9-16)18(10-1-11-18)21-17(22)14-4-2-13(12-20)3-5-14/h2-9H,1,10-11H2,(H,21,22). The first-order chi connectivity index (χ1) is 10.6. The highest BCUT2D eigenvalue weighted by molar-refractivity contribution is 9.10. The highest BCUT2D eigenvalue weighted by Gasteiger charge is 2.40. The second-order valence-corrected chi connectivity index (χ2v) is 6.50. The summed E-state index contributed by atoms with van der Waals surface area (Å²) in [6.07, 6.45) is 3.02. The van der Waals surface area contributed by atoms with Gasteiger partial charge in [0.15, 0.2) is 0 Å². The largest absolute Gasteiger partial charge is 0.343 e. The lowest BCUT2D eigenvalue weighted by Gasteiger charge is -2.43. The van der Waals surface area contributed by atoms with E-state index in [-0.39, 0.29) is 11.4 Å². The highest BCUT2D eigenvalue weighted by atomic mass is 79.9. The third-order valence-electron chi connectivity index (χ3n) is 4.23. The van der Waals surface area contributed by atoms with Crippen LogP contribution in [-0.4, -0.2) is 5.91 Å². The van der Waals surface area contributed by atoms with Crippen LogP contribution in [0.5, 0.6) is 0 Å². The molecule has 0 spiro atoms. The summed E-state index contributed by atoms with van der Waals surface area (Å²) < 4.78 is 1.03. The van der Waals surface area contributed by atoms with Crippen molar-refractivity contribution in [3.05, 3.63) is 69.7 Å². The molecule has 22 heavy (non-hydrogen) atoms. The quantitative estimate of drug-likeness (QED) is 0.900. The van der Waals surface area contributed by atoms with E-state index >= 15 is 0 Å². The molecule has 1 N–H and O–H groups in total. The topological polar surface area (TPSA) is 52.9 Å². The van der Waals surface area contributed by atoms with E-state index in [2.05, 4.69) is 39.4 Å². The lowest BCUT2D eigenvalue weighted by Crippen LogP contribution is -2.50. The van der Waals surface area contributed by atoms with Crippen LogP contribution in [0.4, 0.5) is 0 Å². The molecule has 110 valence electrons. The van der Waals surface area contributed by atoms with Gasteiger partial charge in [-0.1, -0.05) is 28.1 Å². The number of benzene rings is 2. The van der Waals surface area contributed by atoms with Crippen molar-refractivity contribution in [2.24, 2.45) is 0 Å². The molecule has 1 amide bonds. The molecular formula is C18H15BrN2O. The van der Waals surface area contributed by atoms with Crippen molar-refractivity contribution in [3.8, 4) is 6.07 Å². The highest BCUT2D eigenvalue weighted by Crippen LogP contribution is 2.41. The number of nitrogens with one attached hydrogen (secondary N) is 1. The number of nitrogens with zero attached hydrogens (tertiary/aromatic N) is 1. The molecule has 0 atom stereocenters. The van der Waals surface area contributed by atoms with Gasteiger partial charge >= 0.3 is 0 Å². The normalized spacial score (nSPS) is 15.5. The molecule has 1 aliphatic rings. The predicted octanol–water partition coefficient (Wildman–Crippen LogP) is 4.13. The number of halogens is 1.